The van der Waals surface area contributed by atoms with Crippen LogP contribution in [0.1, 0.15) is 36.5 Å². The predicted octanol–water partition coefficient (Wildman–Crippen LogP) is 4.66. The normalized spacial score (nSPS) is 11.0. The summed E-state index contributed by atoms with van der Waals surface area (Å²) in [6.45, 7) is 5.74. The first-order valence-corrected chi connectivity index (χ1v) is 9.32. The molecule has 3 rings (SSSR count). The molecule has 1 aromatic heterocycles. The number of anilines is 1. The lowest BCUT2D eigenvalue weighted by atomic mass is 10.0. The first-order valence-electron chi connectivity index (χ1n) is 9.32. The minimum absolute atomic E-state index is 0.00959. The molecule has 5 nitrogen and oxygen atoms in total. The van der Waals surface area contributed by atoms with Gasteiger partial charge in [0.25, 0.3) is 5.91 Å². The molecule has 0 aliphatic rings. The third kappa shape index (κ3) is 5.19. The van der Waals surface area contributed by atoms with Crippen LogP contribution in [0.15, 0.2) is 48.7 Å². The molecule has 0 saturated carbocycles. The molecule has 152 valence electrons. The Hall–Kier alpha value is -3.22. The maximum Gasteiger partial charge on any atom is 0.263 e. The van der Waals surface area contributed by atoms with Crippen molar-refractivity contribution in [1.82, 2.24) is 9.78 Å². The van der Waals surface area contributed by atoms with Gasteiger partial charge in [0.15, 0.2) is 6.61 Å². The van der Waals surface area contributed by atoms with Crippen LogP contribution in [0.25, 0.3) is 0 Å². The predicted molar refractivity (Wildman–Crippen MR) is 107 cm³/mol. The fourth-order valence-corrected chi connectivity index (χ4v) is 2.87. The van der Waals surface area contributed by atoms with Gasteiger partial charge in [-0.3, -0.25) is 4.79 Å². The number of aromatic nitrogens is 2. The summed E-state index contributed by atoms with van der Waals surface area (Å²) >= 11 is 0. The fraction of sp³-hybridized carbons (Fsp3) is 0.273. The van der Waals surface area contributed by atoms with Gasteiger partial charge in [0, 0.05) is 11.1 Å². The zero-order valence-corrected chi connectivity index (χ0v) is 16.6. The summed E-state index contributed by atoms with van der Waals surface area (Å²) in [7, 11) is 0. The second-order valence-electron chi connectivity index (χ2n) is 7.13. The molecular weight excluding hydrogens is 376 g/mol. The number of amides is 1. The highest BCUT2D eigenvalue weighted by Gasteiger charge is 2.14. The summed E-state index contributed by atoms with van der Waals surface area (Å²) in [5.74, 6) is -0.0631. The molecule has 0 aliphatic carbocycles. The van der Waals surface area contributed by atoms with E-state index in [1.165, 1.54) is 4.68 Å². The van der Waals surface area contributed by atoms with Crippen molar-refractivity contribution in [1.29, 1.82) is 0 Å². The van der Waals surface area contributed by atoms with Gasteiger partial charge in [0.1, 0.15) is 23.2 Å². The van der Waals surface area contributed by atoms with E-state index in [2.05, 4.69) is 24.3 Å². The van der Waals surface area contributed by atoms with Crippen LogP contribution in [-0.4, -0.2) is 22.3 Å². The number of halogens is 2. The van der Waals surface area contributed by atoms with Crippen molar-refractivity contribution in [2.45, 2.75) is 33.2 Å². The highest BCUT2D eigenvalue weighted by molar-refractivity contribution is 5.91. The largest absolute Gasteiger partial charge is 0.484 e. The summed E-state index contributed by atoms with van der Waals surface area (Å²) in [5, 5.41) is 6.90. The number of rotatable bonds is 7. The van der Waals surface area contributed by atoms with Gasteiger partial charge in [0.05, 0.1) is 12.7 Å². The van der Waals surface area contributed by atoms with Crippen LogP contribution in [0.2, 0.25) is 0 Å². The average molecular weight is 399 g/mol. The van der Waals surface area contributed by atoms with Crippen LogP contribution in [0.3, 0.4) is 0 Å². The molecule has 0 bridgehead atoms. The van der Waals surface area contributed by atoms with Gasteiger partial charge in [0.2, 0.25) is 0 Å². The Bertz CT molecular complexity index is 1020. The zero-order chi connectivity index (χ0) is 21.0. The topological polar surface area (TPSA) is 56.2 Å². The van der Waals surface area contributed by atoms with Crippen molar-refractivity contribution < 1.29 is 18.3 Å². The molecule has 0 saturated heterocycles. The molecule has 1 heterocycles. The number of hydrogen-bond acceptors (Lipinski definition) is 3. The molecule has 7 heteroatoms. The maximum atomic E-state index is 13.9. The Balaban J connectivity index is 1.67. The molecule has 0 spiro atoms. The van der Waals surface area contributed by atoms with Crippen LogP contribution in [0.4, 0.5) is 14.6 Å². The fourth-order valence-electron chi connectivity index (χ4n) is 2.87. The number of carbonyl (C=O) groups is 1. The van der Waals surface area contributed by atoms with E-state index < -0.39 is 11.6 Å². The van der Waals surface area contributed by atoms with E-state index >= 15 is 0 Å². The minimum Gasteiger partial charge on any atom is -0.484 e. The Morgan fingerprint density at radius 1 is 1.21 bits per heavy atom. The molecule has 2 aromatic carbocycles. The number of nitrogens with zero attached hydrogens (tertiary/aromatic N) is 2. The Morgan fingerprint density at radius 3 is 2.76 bits per heavy atom. The first kappa shape index (κ1) is 20.5. The number of hydrogen-bond donors (Lipinski definition) is 1. The highest BCUT2D eigenvalue weighted by atomic mass is 19.1. The molecule has 0 aliphatic heterocycles. The second kappa shape index (κ2) is 8.86. The maximum absolute atomic E-state index is 13.9. The van der Waals surface area contributed by atoms with Gasteiger partial charge in [-0.15, -0.1) is 0 Å². The van der Waals surface area contributed by atoms with Crippen molar-refractivity contribution in [2.24, 2.45) is 0 Å². The lowest BCUT2D eigenvalue weighted by molar-refractivity contribution is -0.118. The quantitative estimate of drug-likeness (QED) is 0.629. The van der Waals surface area contributed by atoms with E-state index in [4.69, 9.17) is 4.74 Å². The summed E-state index contributed by atoms with van der Waals surface area (Å²) < 4.78 is 34.4. The smallest absolute Gasteiger partial charge is 0.263 e. The van der Waals surface area contributed by atoms with E-state index in [9.17, 15) is 13.6 Å². The number of benzene rings is 2. The minimum atomic E-state index is -0.537. The SMILES string of the molecule is Cc1cnn(Cc2cc(F)ccc2F)c1NC(=O)COc1cccc(C(C)C)c1. The van der Waals surface area contributed by atoms with E-state index in [0.717, 1.165) is 23.8 Å². The van der Waals surface area contributed by atoms with Crippen molar-refractivity contribution in [3.8, 4) is 5.75 Å². The first-order chi connectivity index (χ1) is 13.8. The monoisotopic (exact) mass is 399 g/mol. The summed E-state index contributed by atoms with van der Waals surface area (Å²) in [4.78, 5) is 12.4. The summed E-state index contributed by atoms with van der Waals surface area (Å²) in [5.41, 5.74) is 1.97. The molecule has 1 amide bonds. The lowest BCUT2D eigenvalue weighted by Gasteiger charge is -2.12. The van der Waals surface area contributed by atoms with Crippen LogP contribution in [-0.2, 0) is 11.3 Å². The second-order valence-corrected chi connectivity index (χ2v) is 7.13. The average Bonchev–Trinajstić information content (AvgIpc) is 3.03. The van der Waals surface area contributed by atoms with E-state index in [1.54, 1.807) is 19.2 Å². The van der Waals surface area contributed by atoms with Crippen molar-refractivity contribution in [3.63, 3.8) is 0 Å². The van der Waals surface area contributed by atoms with Crippen LogP contribution in [0.5, 0.6) is 5.75 Å². The molecule has 3 aromatic rings. The summed E-state index contributed by atoms with van der Waals surface area (Å²) in [6.07, 6.45) is 1.56. The third-order valence-corrected chi connectivity index (χ3v) is 4.50. The van der Waals surface area contributed by atoms with Crippen LogP contribution >= 0.6 is 0 Å². The molecule has 0 unspecified atom stereocenters. The number of carbonyl (C=O) groups excluding carboxylic acids is 1. The Kier molecular flexibility index (Phi) is 6.26. The Morgan fingerprint density at radius 2 is 2.00 bits per heavy atom. The number of ether oxygens (including phenoxy) is 1. The van der Waals surface area contributed by atoms with Gasteiger partial charge < -0.3 is 10.1 Å². The van der Waals surface area contributed by atoms with Gasteiger partial charge in [-0.05, 0) is 48.7 Å². The molecular formula is C22H23F2N3O2. The molecule has 0 radical (unpaired) electrons. The number of aryl methyl sites for hydroxylation is 1. The molecule has 1 N–H and O–H groups in total. The van der Waals surface area contributed by atoms with Crippen molar-refractivity contribution in [3.05, 3.63) is 77.0 Å². The van der Waals surface area contributed by atoms with Gasteiger partial charge >= 0.3 is 0 Å². The van der Waals surface area contributed by atoms with E-state index in [-0.39, 0.29) is 24.6 Å². The van der Waals surface area contributed by atoms with Gasteiger partial charge in [-0.2, -0.15) is 5.10 Å². The Labute approximate surface area is 168 Å². The molecule has 0 atom stereocenters. The van der Waals surface area contributed by atoms with E-state index in [0.29, 0.717) is 23.0 Å². The molecule has 29 heavy (non-hydrogen) atoms. The lowest BCUT2D eigenvalue weighted by Crippen LogP contribution is -2.23. The van der Waals surface area contributed by atoms with Crippen LogP contribution < -0.4 is 10.1 Å². The van der Waals surface area contributed by atoms with Gasteiger partial charge in [-0.25, -0.2) is 13.5 Å². The highest BCUT2D eigenvalue weighted by Crippen LogP contribution is 2.21. The van der Waals surface area contributed by atoms with Crippen molar-refractivity contribution >= 4 is 11.7 Å². The zero-order valence-electron chi connectivity index (χ0n) is 16.6. The van der Waals surface area contributed by atoms with Gasteiger partial charge in [-0.1, -0.05) is 26.0 Å². The van der Waals surface area contributed by atoms with E-state index in [1.807, 2.05) is 18.2 Å². The number of nitrogens with one attached hydrogen (secondary N) is 1. The third-order valence-electron chi connectivity index (χ3n) is 4.50. The van der Waals surface area contributed by atoms with Crippen molar-refractivity contribution in [2.75, 3.05) is 11.9 Å². The standard InChI is InChI=1S/C22H23F2N3O2/c1-14(2)16-5-4-6-19(10-16)29-13-21(28)26-22-15(3)11-25-27(22)12-17-9-18(23)7-8-20(17)24/h4-11,14H,12-13H2,1-3H3,(H,26,28). The summed E-state index contributed by atoms with van der Waals surface area (Å²) in [6, 6.07) is 10.8. The van der Waals surface area contributed by atoms with Crippen LogP contribution in [0, 0.1) is 18.6 Å². The molecule has 0 fully saturated rings.